The van der Waals surface area contributed by atoms with Crippen molar-refractivity contribution >= 4 is 34.5 Å². The van der Waals surface area contributed by atoms with E-state index in [0.717, 1.165) is 24.9 Å². The standard InChI is InChI=1S/C32H43ClN2O2S/c1-3-4-5-6-7-8-9-10-11-12-13-14-22-37-31-29(33)16-15-17-30(31)34-32(36)28-20-18-27(19-21-28)23-35-25-38-24-26(35)2/h15-21,24-25H,3-14,22-23H2,1-2H3/p+1. The van der Waals surface area contributed by atoms with Gasteiger partial charge in [0.2, 0.25) is 5.51 Å². The number of benzene rings is 2. The fraction of sp³-hybridized carbons (Fsp3) is 0.500. The van der Waals surface area contributed by atoms with Crippen LogP contribution in [0.5, 0.6) is 5.75 Å². The average Bonchev–Trinajstić information content (AvgIpc) is 3.32. The number of unbranched alkanes of at least 4 members (excludes halogenated alkanes) is 11. The Kier molecular flexibility index (Phi) is 13.7. The Hall–Kier alpha value is -2.37. The van der Waals surface area contributed by atoms with Gasteiger partial charge in [0.25, 0.3) is 5.91 Å². The number of aryl methyl sites for hydroxylation is 1. The molecule has 1 N–H and O–H groups in total. The molecule has 4 nitrogen and oxygen atoms in total. The Labute approximate surface area is 238 Å². The molecule has 0 radical (unpaired) electrons. The molecule has 0 saturated carbocycles. The lowest BCUT2D eigenvalue weighted by Gasteiger charge is -2.14. The van der Waals surface area contributed by atoms with Crippen LogP contribution in [0.25, 0.3) is 0 Å². The molecule has 3 aromatic rings. The Balaban J connectivity index is 1.38. The third-order valence-corrected chi connectivity index (χ3v) is 8.06. The molecule has 0 aliphatic rings. The zero-order chi connectivity index (χ0) is 27.0. The molecule has 0 atom stereocenters. The molecule has 0 saturated heterocycles. The molecule has 0 fully saturated rings. The lowest BCUT2D eigenvalue weighted by Crippen LogP contribution is -2.34. The van der Waals surface area contributed by atoms with E-state index < -0.39 is 0 Å². The van der Waals surface area contributed by atoms with E-state index >= 15 is 0 Å². The molecule has 0 spiro atoms. The number of aromatic nitrogens is 1. The number of nitrogens with zero attached hydrogens (tertiary/aromatic N) is 1. The van der Waals surface area contributed by atoms with Crippen LogP contribution in [0, 0.1) is 6.92 Å². The molecule has 0 aliphatic carbocycles. The van der Waals surface area contributed by atoms with Gasteiger partial charge in [0.15, 0.2) is 18.0 Å². The largest absolute Gasteiger partial charge is 0.490 e. The summed E-state index contributed by atoms with van der Waals surface area (Å²) in [6.07, 6.45) is 15.6. The summed E-state index contributed by atoms with van der Waals surface area (Å²) in [7, 11) is 0. The van der Waals surface area contributed by atoms with Gasteiger partial charge in [-0.1, -0.05) is 119 Å². The molecule has 0 bridgehead atoms. The fourth-order valence-corrected chi connectivity index (χ4v) is 5.55. The van der Waals surface area contributed by atoms with Gasteiger partial charge >= 0.3 is 0 Å². The van der Waals surface area contributed by atoms with Crippen LogP contribution in [0.4, 0.5) is 5.69 Å². The van der Waals surface area contributed by atoms with Gasteiger partial charge in [-0.3, -0.25) is 4.79 Å². The molecular weight excluding hydrogens is 512 g/mol. The van der Waals surface area contributed by atoms with Crippen molar-refractivity contribution in [1.29, 1.82) is 0 Å². The Morgan fingerprint density at radius 1 is 0.895 bits per heavy atom. The zero-order valence-electron chi connectivity index (χ0n) is 23.1. The number of rotatable bonds is 18. The van der Waals surface area contributed by atoms with Crippen molar-refractivity contribution in [2.75, 3.05) is 11.9 Å². The number of para-hydroxylation sites is 1. The summed E-state index contributed by atoms with van der Waals surface area (Å²) >= 11 is 8.12. The first-order chi connectivity index (χ1) is 18.6. The number of carbonyl (C=O) groups excluding carboxylic acids is 1. The van der Waals surface area contributed by atoms with E-state index in [9.17, 15) is 4.79 Å². The van der Waals surface area contributed by atoms with E-state index in [0.29, 0.717) is 28.6 Å². The molecule has 0 aliphatic heterocycles. The van der Waals surface area contributed by atoms with Gasteiger partial charge in [-0.25, -0.2) is 0 Å². The summed E-state index contributed by atoms with van der Waals surface area (Å²) in [5, 5.41) is 5.63. The maximum Gasteiger partial charge on any atom is 0.255 e. The molecule has 2 aromatic carbocycles. The number of thiazole rings is 1. The van der Waals surface area contributed by atoms with Crippen molar-refractivity contribution in [2.24, 2.45) is 0 Å². The van der Waals surface area contributed by atoms with Crippen LogP contribution < -0.4 is 14.6 Å². The number of hydrogen-bond donors (Lipinski definition) is 1. The number of amides is 1. The molecule has 206 valence electrons. The van der Waals surface area contributed by atoms with Gasteiger partial charge in [-0.2, -0.15) is 4.57 Å². The third-order valence-electron chi connectivity index (χ3n) is 6.91. The summed E-state index contributed by atoms with van der Waals surface area (Å²) in [6.45, 7) is 5.76. The van der Waals surface area contributed by atoms with Crippen LogP contribution in [0.15, 0.2) is 53.4 Å². The topological polar surface area (TPSA) is 42.2 Å². The smallest absolute Gasteiger partial charge is 0.255 e. The summed E-state index contributed by atoms with van der Waals surface area (Å²) in [5.41, 5.74) is 5.70. The quantitative estimate of drug-likeness (QED) is 0.125. The summed E-state index contributed by atoms with van der Waals surface area (Å²) in [6, 6.07) is 13.2. The highest BCUT2D eigenvalue weighted by Crippen LogP contribution is 2.33. The minimum atomic E-state index is -0.173. The lowest BCUT2D eigenvalue weighted by atomic mass is 10.1. The first-order valence-electron chi connectivity index (χ1n) is 14.3. The van der Waals surface area contributed by atoms with Gasteiger partial charge in [-0.15, -0.1) is 0 Å². The van der Waals surface area contributed by atoms with E-state index in [-0.39, 0.29) is 5.91 Å². The highest BCUT2D eigenvalue weighted by Gasteiger charge is 2.14. The normalized spacial score (nSPS) is 11.0. The number of nitrogens with one attached hydrogen (secondary N) is 1. The van der Waals surface area contributed by atoms with Gasteiger partial charge < -0.3 is 10.1 Å². The number of halogens is 1. The predicted molar refractivity (Wildman–Crippen MR) is 161 cm³/mol. The Bertz CT molecular complexity index is 1100. The third kappa shape index (κ3) is 10.4. The summed E-state index contributed by atoms with van der Waals surface area (Å²) in [5.74, 6) is 0.375. The monoisotopic (exact) mass is 555 g/mol. The second kappa shape index (κ2) is 17.3. The average molecular weight is 556 g/mol. The first-order valence-corrected chi connectivity index (χ1v) is 15.6. The van der Waals surface area contributed by atoms with Crippen LogP contribution in [0.2, 0.25) is 5.02 Å². The maximum atomic E-state index is 12.9. The van der Waals surface area contributed by atoms with E-state index in [1.54, 1.807) is 17.4 Å². The highest BCUT2D eigenvalue weighted by atomic mass is 35.5. The lowest BCUT2D eigenvalue weighted by molar-refractivity contribution is -0.689. The number of hydrogen-bond acceptors (Lipinski definition) is 3. The van der Waals surface area contributed by atoms with Crippen molar-refractivity contribution in [1.82, 2.24) is 0 Å². The van der Waals surface area contributed by atoms with Gasteiger partial charge in [0.1, 0.15) is 0 Å². The molecule has 1 amide bonds. The molecule has 0 unspecified atom stereocenters. The summed E-state index contributed by atoms with van der Waals surface area (Å²) in [4.78, 5) is 12.9. The molecule has 1 aromatic heterocycles. The molecule has 3 rings (SSSR count). The van der Waals surface area contributed by atoms with E-state index in [2.05, 4.69) is 34.6 Å². The first kappa shape index (κ1) is 30.2. The van der Waals surface area contributed by atoms with Crippen molar-refractivity contribution in [3.05, 3.63) is 75.2 Å². The van der Waals surface area contributed by atoms with E-state index in [1.165, 1.54) is 69.9 Å². The van der Waals surface area contributed by atoms with E-state index in [4.69, 9.17) is 16.3 Å². The van der Waals surface area contributed by atoms with Crippen LogP contribution in [0.3, 0.4) is 0 Å². The molecule has 6 heteroatoms. The molecule has 38 heavy (non-hydrogen) atoms. The van der Waals surface area contributed by atoms with Crippen molar-refractivity contribution in [3.63, 3.8) is 0 Å². The van der Waals surface area contributed by atoms with Gasteiger partial charge in [0.05, 0.1) is 22.7 Å². The Morgan fingerprint density at radius 2 is 1.53 bits per heavy atom. The van der Waals surface area contributed by atoms with Crippen LogP contribution >= 0.6 is 22.9 Å². The maximum absolute atomic E-state index is 12.9. The van der Waals surface area contributed by atoms with Crippen LogP contribution in [-0.2, 0) is 6.54 Å². The van der Waals surface area contributed by atoms with Crippen LogP contribution in [0.1, 0.15) is 106 Å². The molecule has 1 heterocycles. The van der Waals surface area contributed by atoms with Crippen molar-refractivity contribution in [2.45, 2.75) is 97.4 Å². The second-order valence-corrected chi connectivity index (χ2v) is 11.3. The minimum Gasteiger partial charge on any atom is -0.490 e. The van der Waals surface area contributed by atoms with Gasteiger partial charge in [-0.05, 0) is 30.7 Å². The minimum absolute atomic E-state index is 0.173. The fourth-order valence-electron chi connectivity index (χ4n) is 4.54. The predicted octanol–water partition coefficient (Wildman–Crippen LogP) is 9.38. The number of ether oxygens (including phenoxy) is 1. The Morgan fingerprint density at radius 3 is 2.13 bits per heavy atom. The highest BCUT2D eigenvalue weighted by molar-refractivity contribution is 7.07. The molecular formula is C32H44ClN2O2S+. The summed E-state index contributed by atoms with van der Waals surface area (Å²) < 4.78 is 8.24. The van der Waals surface area contributed by atoms with E-state index in [1.807, 2.05) is 36.4 Å². The van der Waals surface area contributed by atoms with Crippen LogP contribution in [-0.4, -0.2) is 12.5 Å². The number of carbonyl (C=O) groups is 1. The zero-order valence-corrected chi connectivity index (χ0v) is 24.7. The second-order valence-electron chi connectivity index (χ2n) is 10.1. The van der Waals surface area contributed by atoms with Crippen molar-refractivity contribution < 1.29 is 14.1 Å². The number of anilines is 1. The SMILES string of the molecule is CCCCCCCCCCCCCCOc1c(Cl)cccc1NC(=O)c1ccc(C[n+]2cscc2C)cc1. The van der Waals surface area contributed by atoms with Crippen molar-refractivity contribution in [3.8, 4) is 5.75 Å². The van der Waals surface area contributed by atoms with Gasteiger partial charge in [0, 0.05) is 18.1 Å².